The van der Waals surface area contributed by atoms with Crippen molar-refractivity contribution in [1.82, 2.24) is 0 Å². The summed E-state index contributed by atoms with van der Waals surface area (Å²) < 4.78 is 10.3. The summed E-state index contributed by atoms with van der Waals surface area (Å²) in [5.74, 6) is 2.42. The van der Waals surface area contributed by atoms with Crippen molar-refractivity contribution >= 4 is 11.8 Å². The van der Waals surface area contributed by atoms with E-state index in [1.165, 1.54) is 0 Å². The van der Waals surface area contributed by atoms with Gasteiger partial charge in [-0.05, 0) is 18.2 Å². The lowest BCUT2D eigenvalue weighted by Gasteiger charge is -2.08. The van der Waals surface area contributed by atoms with E-state index in [-0.39, 0.29) is 0 Å². The highest BCUT2D eigenvalue weighted by Crippen LogP contribution is 2.31. The molecule has 0 atom stereocenters. The summed E-state index contributed by atoms with van der Waals surface area (Å²) in [6.45, 7) is 3.68. The van der Waals surface area contributed by atoms with Crippen molar-refractivity contribution in [3.05, 3.63) is 30.9 Å². The molecule has 0 saturated heterocycles. The van der Waals surface area contributed by atoms with Gasteiger partial charge in [-0.1, -0.05) is 6.08 Å². The van der Waals surface area contributed by atoms with Gasteiger partial charge in [-0.15, -0.1) is 18.3 Å². The third-order valence-electron chi connectivity index (χ3n) is 1.72. The van der Waals surface area contributed by atoms with Crippen LogP contribution in [0.3, 0.4) is 0 Å². The smallest absolute Gasteiger partial charge is 0.161 e. The van der Waals surface area contributed by atoms with Gasteiger partial charge in [-0.2, -0.15) is 0 Å². The summed E-state index contributed by atoms with van der Waals surface area (Å²) in [5.41, 5.74) is 0. The maximum atomic E-state index is 5.19. The summed E-state index contributed by atoms with van der Waals surface area (Å²) in [5, 5.41) is 0. The molecule has 0 unspecified atom stereocenters. The van der Waals surface area contributed by atoms with Crippen molar-refractivity contribution in [3.63, 3.8) is 0 Å². The fraction of sp³-hybridized carbons (Fsp3) is 0.273. The zero-order chi connectivity index (χ0) is 10.4. The second-order valence-electron chi connectivity index (χ2n) is 2.62. The quantitative estimate of drug-likeness (QED) is 0.550. The molecule has 0 aliphatic heterocycles. The molecule has 0 saturated carbocycles. The van der Waals surface area contributed by atoms with Crippen LogP contribution in [0.5, 0.6) is 11.5 Å². The van der Waals surface area contributed by atoms with Gasteiger partial charge in [0.15, 0.2) is 11.5 Å². The number of thioether (sulfide) groups is 1. The Morgan fingerprint density at radius 2 is 2.00 bits per heavy atom. The van der Waals surface area contributed by atoms with Gasteiger partial charge in [0.25, 0.3) is 0 Å². The Morgan fingerprint density at radius 3 is 2.57 bits per heavy atom. The number of methoxy groups -OCH3 is 2. The van der Waals surface area contributed by atoms with Crippen molar-refractivity contribution < 1.29 is 9.47 Å². The summed E-state index contributed by atoms with van der Waals surface area (Å²) in [6, 6.07) is 5.88. The maximum Gasteiger partial charge on any atom is 0.161 e. The SMILES string of the molecule is C=CCSc1ccc(OC)c(OC)c1. The lowest BCUT2D eigenvalue weighted by atomic mass is 10.3. The zero-order valence-electron chi connectivity index (χ0n) is 8.45. The Kier molecular flexibility index (Phi) is 4.40. The molecule has 0 heterocycles. The minimum atomic E-state index is 0.760. The first-order valence-corrected chi connectivity index (χ1v) is 5.26. The van der Waals surface area contributed by atoms with Gasteiger partial charge in [-0.3, -0.25) is 0 Å². The molecule has 0 amide bonds. The average Bonchev–Trinajstić information content (AvgIpc) is 2.25. The number of hydrogen-bond donors (Lipinski definition) is 0. The van der Waals surface area contributed by atoms with Crippen LogP contribution in [0.25, 0.3) is 0 Å². The van der Waals surface area contributed by atoms with Crippen LogP contribution in [0.2, 0.25) is 0 Å². The first-order chi connectivity index (χ1) is 6.81. The number of ether oxygens (including phenoxy) is 2. The van der Waals surface area contributed by atoms with Crippen LogP contribution in [0, 0.1) is 0 Å². The monoisotopic (exact) mass is 210 g/mol. The van der Waals surface area contributed by atoms with Crippen LogP contribution in [0.1, 0.15) is 0 Å². The van der Waals surface area contributed by atoms with E-state index < -0.39 is 0 Å². The van der Waals surface area contributed by atoms with Gasteiger partial charge < -0.3 is 9.47 Å². The highest BCUT2D eigenvalue weighted by atomic mass is 32.2. The van der Waals surface area contributed by atoms with E-state index in [9.17, 15) is 0 Å². The van der Waals surface area contributed by atoms with E-state index in [1.54, 1.807) is 26.0 Å². The summed E-state index contributed by atoms with van der Waals surface area (Å²) in [7, 11) is 3.27. The Labute approximate surface area is 88.9 Å². The molecule has 0 spiro atoms. The molecule has 0 aliphatic rings. The highest BCUT2D eigenvalue weighted by molar-refractivity contribution is 7.99. The van der Waals surface area contributed by atoms with Crippen molar-refractivity contribution in [2.24, 2.45) is 0 Å². The summed E-state index contributed by atoms with van der Waals surface area (Å²) >= 11 is 1.72. The molecule has 0 radical (unpaired) electrons. The van der Waals surface area contributed by atoms with Gasteiger partial charge >= 0.3 is 0 Å². The number of benzene rings is 1. The normalized spacial score (nSPS) is 9.57. The molecule has 3 heteroatoms. The molecule has 1 rings (SSSR count). The van der Waals surface area contributed by atoms with Crippen molar-refractivity contribution in [3.8, 4) is 11.5 Å². The molecule has 76 valence electrons. The molecule has 0 fully saturated rings. The molecular formula is C11H14O2S. The summed E-state index contributed by atoms with van der Waals surface area (Å²) in [6.07, 6.45) is 1.88. The van der Waals surface area contributed by atoms with Crippen molar-refractivity contribution in [2.75, 3.05) is 20.0 Å². The van der Waals surface area contributed by atoms with E-state index in [1.807, 2.05) is 24.3 Å². The van der Waals surface area contributed by atoms with E-state index in [2.05, 4.69) is 6.58 Å². The van der Waals surface area contributed by atoms with Crippen molar-refractivity contribution in [2.45, 2.75) is 4.90 Å². The number of rotatable bonds is 5. The van der Waals surface area contributed by atoms with Gasteiger partial charge in [0.1, 0.15) is 0 Å². The van der Waals surface area contributed by atoms with Crippen molar-refractivity contribution in [1.29, 1.82) is 0 Å². The van der Waals surface area contributed by atoms with Crippen LogP contribution >= 0.6 is 11.8 Å². The van der Waals surface area contributed by atoms with E-state index in [0.717, 1.165) is 22.1 Å². The molecule has 1 aromatic rings. The molecule has 14 heavy (non-hydrogen) atoms. The Bertz CT molecular complexity index is 310. The first-order valence-electron chi connectivity index (χ1n) is 4.27. The zero-order valence-corrected chi connectivity index (χ0v) is 9.26. The van der Waals surface area contributed by atoms with Crippen LogP contribution in [-0.2, 0) is 0 Å². The second kappa shape index (κ2) is 5.60. The molecular weight excluding hydrogens is 196 g/mol. The minimum absolute atomic E-state index is 0.760. The van der Waals surface area contributed by atoms with Crippen LogP contribution in [0.4, 0.5) is 0 Å². The third-order valence-corrected chi connectivity index (χ3v) is 2.71. The van der Waals surface area contributed by atoms with Crippen LogP contribution < -0.4 is 9.47 Å². The van der Waals surface area contributed by atoms with E-state index in [4.69, 9.17) is 9.47 Å². The van der Waals surface area contributed by atoms with Gasteiger partial charge in [0.2, 0.25) is 0 Å². The van der Waals surface area contributed by atoms with E-state index >= 15 is 0 Å². The highest BCUT2D eigenvalue weighted by Gasteiger charge is 2.03. The molecule has 0 aliphatic carbocycles. The van der Waals surface area contributed by atoms with Gasteiger partial charge in [0.05, 0.1) is 14.2 Å². The van der Waals surface area contributed by atoms with Crippen LogP contribution in [0.15, 0.2) is 35.7 Å². The lowest BCUT2D eigenvalue weighted by molar-refractivity contribution is 0.354. The predicted octanol–water partition coefficient (Wildman–Crippen LogP) is 2.98. The largest absolute Gasteiger partial charge is 0.493 e. The maximum absolute atomic E-state index is 5.19. The molecule has 0 aromatic heterocycles. The Morgan fingerprint density at radius 1 is 1.29 bits per heavy atom. The topological polar surface area (TPSA) is 18.5 Å². The fourth-order valence-corrected chi connectivity index (χ4v) is 1.73. The van der Waals surface area contributed by atoms with E-state index in [0.29, 0.717) is 0 Å². The third kappa shape index (κ3) is 2.70. The standard InChI is InChI=1S/C11H14O2S/c1-4-7-14-9-5-6-10(12-2)11(8-9)13-3/h4-6,8H,1,7H2,2-3H3. The Balaban J connectivity index is 2.83. The predicted molar refractivity (Wildman–Crippen MR) is 60.5 cm³/mol. The summed E-state index contributed by atoms with van der Waals surface area (Å²) in [4.78, 5) is 1.16. The Hall–Kier alpha value is -1.09. The fourth-order valence-electron chi connectivity index (χ4n) is 1.06. The lowest BCUT2D eigenvalue weighted by Crippen LogP contribution is -1.90. The molecule has 0 bridgehead atoms. The first kappa shape index (κ1) is 11.0. The second-order valence-corrected chi connectivity index (χ2v) is 3.71. The van der Waals surface area contributed by atoms with Crippen LogP contribution in [-0.4, -0.2) is 20.0 Å². The number of hydrogen-bond acceptors (Lipinski definition) is 3. The average molecular weight is 210 g/mol. The molecule has 0 N–H and O–H groups in total. The minimum Gasteiger partial charge on any atom is -0.493 e. The molecule has 2 nitrogen and oxygen atoms in total. The molecule has 1 aromatic carbocycles. The van der Waals surface area contributed by atoms with Gasteiger partial charge in [-0.25, -0.2) is 0 Å². The van der Waals surface area contributed by atoms with Gasteiger partial charge in [0, 0.05) is 10.6 Å².